The third-order valence-electron chi connectivity index (χ3n) is 8.61. The molecule has 0 spiro atoms. The number of carboxylic acid groups (broad SMARTS) is 1. The van der Waals surface area contributed by atoms with Crippen LogP contribution in [0.25, 0.3) is 11.1 Å². The lowest BCUT2D eigenvalue weighted by Gasteiger charge is -2.29. The van der Waals surface area contributed by atoms with Crippen molar-refractivity contribution in [3.8, 4) is 11.1 Å². The highest BCUT2D eigenvalue weighted by Gasteiger charge is 2.49. The summed E-state index contributed by atoms with van der Waals surface area (Å²) in [5.74, 6) is -1.71. The molecule has 2 N–H and O–H groups in total. The first kappa shape index (κ1) is 28.4. The molecule has 41 heavy (non-hydrogen) atoms. The van der Waals surface area contributed by atoms with Gasteiger partial charge in [-0.2, -0.15) is 0 Å². The fraction of sp³-hybridized carbons (Fsp3) is 0.364. The first-order chi connectivity index (χ1) is 19.7. The fourth-order valence-corrected chi connectivity index (χ4v) is 5.84. The van der Waals surface area contributed by atoms with Crippen LogP contribution in [0.2, 0.25) is 0 Å². The molecule has 8 heteroatoms. The second-order valence-corrected chi connectivity index (χ2v) is 11.3. The number of fused-ring (bicyclic) bond motifs is 3. The summed E-state index contributed by atoms with van der Waals surface area (Å²) in [6.45, 7) is 5.89. The van der Waals surface area contributed by atoms with Gasteiger partial charge >= 0.3 is 12.1 Å². The van der Waals surface area contributed by atoms with Gasteiger partial charge in [-0.1, -0.05) is 85.8 Å². The minimum absolute atomic E-state index is 0.0522. The second-order valence-electron chi connectivity index (χ2n) is 11.3. The SMILES string of the molecule is C[C@H](OCc1ccccc1)[C@@H](NC(=O)OCC1c2ccccc2-c2ccccc21)C(=O)N1C[C@@H](C)[C@](C)(C(=O)O)C1. The van der Waals surface area contributed by atoms with Crippen LogP contribution in [-0.2, 0) is 25.7 Å². The summed E-state index contributed by atoms with van der Waals surface area (Å²) in [4.78, 5) is 40.4. The number of hydrogen-bond donors (Lipinski definition) is 2. The van der Waals surface area contributed by atoms with Crippen molar-refractivity contribution in [1.29, 1.82) is 0 Å². The lowest BCUT2D eigenvalue weighted by atomic mass is 9.81. The van der Waals surface area contributed by atoms with E-state index in [0.717, 1.165) is 27.8 Å². The number of carboxylic acids is 1. The Morgan fingerprint density at radius 3 is 2.15 bits per heavy atom. The Balaban J connectivity index is 1.30. The number of carbonyl (C=O) groups excluding carboxylic acids is 2. The molecule has 1 fully saturated rings. The molecule has 1 aliphatic carbocycles. The summed E-state index contributed by atoms with van der Waals surface area (Å²) in [5, 5.41) is 12.6. The largest absolute Gasteiger partial charge is 0.481 e. The van der Waals surface area contributed by atoms with Crippen LogP contribution < -0.4 is 5.32 Å². The third-order valence-corrected chi connectivity index (χ3v) is 8.61. The number of benzene rings is 3. The number of aliphatic carboxylic acids is 1. The zero-order valence-corrected chi connectivity index (χ0v) is 23.6. The molecule has 0 bridgehead atoms. The highest BCUT2D eigenvalue weighted by molar-refractivity contribution is 5.88. The van der Waals surface area contributed by atoms with Crippen LogP contribution in [0.1, 0.15) is 43.4 Å². The molecule has 3 aromatic carbocycles. The Morgan fingerprint density at radius 2 is 1.56 bits per heavy atom. The van der Waals surface area contributed by atoms with E-state index < -0.39 is 35.5 Å². The zero-order chi connectivity index (χ0) is 29.1. The average molecular weight is 557 g/mol. The van der Waals surface area contributed by atoms with E-state index in [1.165, 1.54) is 4.90 Å². The van der Waals surface area contributed by atoms with Crippen molar-refractivity contribution in [2.75, 3.05) is 19.7 Å². The average Bonchev–Trinajstić information content (AvgIpc) is 3.48. The highest BCUT2D eigenvalue weighted by atomic mass is 16.5. The van der Waals surface area contributed by atoms with E-state index in [4.69, 9.17) is 9.47 Å². The molecule has 0 radical (unpaired) electrons. The van der Waals surface area contributed by atoms with Gasteiger partial charge in [0.15, 0.2) is 0 Å². The molecule has 0 aromatic heterocycles. The van der Waals surface area contributed by atoms with Crippen LogP contribution in [-0.4, -0.2) is 59.8 Å². The number of nitrogens with zero attached hydrogens (tertiary/aromatic N) is 1. The lowest BCUT2D eigenvalue weighted by molar-refractivity contribution is -0.149. The molecular weight excluding hydrogens is 520 g/mol. The zero-order valence-electron chi connectivity index (χ0n) is 23.6. The van der Waals surface area contributed by atoms with Gasteiger partial charge in [-0.25, -0.2) is 4.79 Å². The number of rotatable bonds is 9. The van der Waals surface area contributed by atoms with E-state index in [0.29, 0.717) is 0 Å². The molecule has 2 amide bonds. The molecule has 3 aromatic rings. The van der Waals surface area contributed by atoms with Crippen molar-refractivity contribution in [2.24, 2.45) is 11.3 Å². The summed E-state index contributed by atoms with van der Waals surface area (Å²) in [7, 11) is 0. The van der Waals surface area contributed by atoms with Gasteiger partial charge in [0, 0.05) is 19.0 Å². The molecule has 8 nitrogen and oxygen atoms in total. The summed E-state index contributed by atoms with van der Waals surface area (Å²) in [5.41, 5.74) is 4.29. The Bertz CT molecular complexity index is 1380. The van der Waals surface area contributed by atoms with E-state index in [-0.39, 0.29) is 38.1 Å². The molecule has 1 aliphatic heterocycles. The van der Waals surface area contributed by atoms with E-state index in [2.05, 4.69) is 17.4 Å². The Labute approximate surface area is 240 Å². The molecule has 5 rings (SSSR count). The molecule has 2 aliphatic rings. The van der Waals surface area contributed by atoms with Gasteiger partial charge in [-0.05, 0) is 47.6 Å². The van der Waals surface area contributed by atoms with Crippen LogP contribution in [0.4, 0.5) is 4.79 Å². The van der Waals surface area contributed by atoms with Gasteiger partial charge in [0.2, 0.25) is 5.91 Å². The molecule has 1 saturated heterocycles. The number of hydrogen-bond acceptors (Lipinski definition) is 5. The van der Waals surface area contributed by atoms with Gasteiger partial charge < -0.3 is 24.8 Å². The Morgan fingerprint density at radius 1 is 0.976 bits per heavy atom. The van der Waals surface area contributed by atoms with Crippen LogP contribution in [0, 0.1) is 11.3 Å². The third kappa shape index (κ3) is 5.70. The van der Waals surface area contributed by atoms with E-state index in [1.54, 1.807) is 13.8 Å². The first-order valence-electron chi connectivity index (χ1n) is 14.0. The van der Waals surface area contributed by atoms with Crippen LogP contribution >= 0.6 is 0 Å². The summed E-state index contributed by atoms with van der Waals surface area (Å²) in [6.07, 6.45) is -1.43. The molecule has 0 saturated carbocycles. The maximum absolute atomic E-state index is 13.8. The number of alkyl carbamates (subject to hydrolysis) is 1. The maximum atomic E-state index is 13.8. The highest BCUT2D eigenvalue weighted by Crippen LogP contribution is 2.44. The van der Waals surface area contributed by atoms with Crippen molar-refractivity contribution < 1.29 is 29.0 Å². The monoisotopic (exact) mass is 556 g/mol. The molecule has 214 valence electrons. The van der Waals surface area contributed by atoms with Gasteiger partial charge in [-0.3, -0.25) is 9.59 Å². The van der Waals surface area contributed by atoms with Crippen LogP contribution in [0.3, 0.4) is 0 Å². The predicted octanol–water partition coefficient (Wildman–Crippen LogP) is 5.07. The molecule has 4 atom stereocenters. The number of nitrogens with one attached hydrogen (secondary N) is 1. The van der Waals surface area contributed by atoms with Gasteiger partial charge in [0.05, 0.1) is 18.1 Å². The lowest BCUT2D eigenvalue weighted by Crippen LogP contribution is -2.54. The van der Waals surface area contributed by atoms with Gasteiger partial charge in [0.1, 0.15) is 12.6 Å². The smallest absolute Gasteiger partial charge is 0.407 e. The van der Waals surface area contributed by atoms with E-state index >= 15 is 0 Å². The van der Waals surface area contributed by atoms with Crippen molar-refractivity contribution in [1.82, 2.24) is 10.2 Å². The number of amides is 2. The first-order valence-corrected chi connectivity index (χ1v) is 14.0. The standard InChI is InChI=1S/C33H36N2O6/c1-21-17-35(20-33(21,3)31(37)38)30(36)29(22(2)40-18-23-11-5-4-6-12-23)34-32(39)41-19-28-26-15-9-7-13-24(26)25-14-8-10-16-27(25)28/h4-16,21-22,28-29H,17-20H2,1-3H3,(H,34,39)(H,37,38)/t21-,22+,29-,33-/m1/s1. The summed E-state index contributed by atoms with van der Waals surface area (Å²) in [6, 6.07) is 24.6. The predicted molar refractivity (Wildman–Crippen MR) is 154 cm³/mol. The topological polar surface area (TPSA) is 105 Å². The molecule has 0 unspecified atom stereocenters. The van der Waals surface area contributed by atoms with Crippen LogP contribution in [0.15, 0.2) is 78.9 Å². The van der Waals surface area contributed by atoms with Crippen molar-refractivity contribution in [2.45, 2.75) is 45.4 Å². The molecule has 1 heterocycles. The number of likely N-dealkylation sites (tertiary alicyclic amines) is 1. The normalized spacial score (nSPS) is 21.0. The maximum Gasteiger partial charge on any atom is 0.407 e. The van der Waals surface area contributed by atoms with Crippen molar-refractivity contribution in [3.05, 3.63) is 95.6 Å². The minimum atomic E-state index is -1.07. The molecular formula is C33H36N2O6. The van der Waals surface area contributed by atoms with Gasteiger partial charge in [-0.15, -0.1) is 0 Å². The minimum Gasteiger partial charge on any atom is -0.481 e. The summed E-state index contributed by atoms with van der Waals surface area (Å²) < 4.78 is 11.8. The Kier molecular flexibility index (Phi) is 8.13. The number of carbonyl (C=O) groups is 3. The number of ether oxygens (including phenoxy) is 2. The summed E-state index contributed by atoms with van der Waals surface area (Å²) >= 11 is 0. The van der Waals surface area contributed by atoms with E-state index in [9.17, 15) is 19.5 Å². The van der Waals surface area contributed by atoms with Gasteiger partial charge in [0.25, 0.3) is 0 Å². The Hall–Kier alpha value is -4.17. The quantitative estimate of drug-likeness (QED) is 0.381. The van der Waals surface area contributed by atoms with E-state index in [1.807, 2.05) is 73.7 Å². The van der Waals surface area contributed by atoms with Crippen molar-refractivity contribution >= 4 is 18.0 Å². The fourth-order valence-electron chi connectivity index (χ4n) is 5.84. The van der Waals surface area contributed by atoms with Crippen LogP contribution in [0.5, 0.6) is 0 Å². The second kappa shape index (κ2) is 11.7. The van der Waals surface area contributed by atoms with Crippen molar-refractivity contribution in [3.63, 3.8) is 0 Å².